The first-order chi connectivity index (χ1) is 12.1. The molecule has 1 aliphatic heterocycles. The molecule has 0 bridgehead atoms. The highest BCUT2D eigenvalue weighted by atomic mass is 19.4. The van der Waals surface area contributed by atoms with Crippen LogP contribution >= 0.6 is 0 Å². The Morgan fingerprint density at radius 3 is 2.00 bits per heavy atom. The van der Waals surface area contributed by atoms with Gasteiger partial charge in [-0.15, -0.1) is 0 Å². The van der Waals surface area contributed by atoms with E-state index in [1.807, 2.05) is 0 Å². The molecule has 0 N–H and O–H groups in total. The molecule has 5 nitrogen and oxygen atoms in total. The molecule has 0 aliphatic carbocycles. The zero-order chi connectivity index (χ0) is 21.0. The number of hydrogen-bond acceptors (Lipinski definition) is 3. The number of ether oxygens (including phenoxy) is 1. The lowest BCUT2D eigenvalue weighted by Crippen LogP contribution is -2.61. The van der Waals surface area contributed by atoms with Gasteiger partial charge in [-0.05, 0) is 12.8 Å². The second kappa shape index (κ2) is 6.27. The molecule has 154 valence electrons. The molecule has 2 heterocycles. The molecule has 14 heteroatoms. The van der Waals surface area contributed by atoms with Gasteiger partial charge in [-0.3, -0.25) is 13.9 Å². The molecule has 0 saturated carbocycles. The molecule has 0 amide bonds. The fourth-order valence-electron chi connectivity index (χ4n) is 2.44. The van der Waals surface area contributed by atoms with Crippen LogP contribution in [0.15, 0.2) is 15.8 Å². The molecule has 1 atom stereocenters. The first-order valence-corrected chi connectivity index (χ1v) is 7.21. The normalized spacial score (nSPS) is 19.6. The summed E-state index contributed by atoms with van der Waals surface area (Å²) in [5.41, 5.74) is -5.83. The smallest absolute Gasteiger partial charge is 0.358 e. The Kier molecular flexibility index (Phi) is 4.95. The van der Waals surface area contributed by atoms with Crippen molar-refractivity contribution in [3.05, 3.63) is 32.6 Å². The maximum absolute atomic E-state index is 14.1. The second-order valence-corrected chi connectivity index (χ2v) is 5.79. The average molecular weight is 414 g/mol. The van der Waals surface area contributed by atoms with Crippen molar-refractivity contribution in [3.8, 4) is 0 Å². The van der Waals surface area contributed by atoms with Crippen LogP contribution < -0.4 is 11.2 Å². The highest BCUT2D eigenvalue weighted by Gasteiger charge is 2.82. The third-order valence-corrected chi connectivity index (χ3v) is 4.01. The molecule has 27 heavy (non-hydrogen) atoms. The minimum atomic E-state index is -7.15. The molecule has 0 radical (unpaired) electrons. The van der Waals surface area contributed by atoms with Gasteiger partial charge in [0.25, 0.3) is 5.56 Å². The number of aromatic nitrogens is 2. The largest absolute Gasteiger partial charge is 0.460 e. The third-order valence-electron chi connectivity index (χ3n) is 4.01. The lowest BCUT2D eigenvalue weighted by Gasteiger charge is -2.33. The predicted octanol–water partition coefficient (Wildman–Crippen LogP) is 2.78. The van der Waals surface area contributed by atoms with Gasteiger partial charge in [-0.2, -0.15) is 39.5 Å². The molecule has 0 spiro atoms. The summed E-state index contributed by atoms with van der Waals surface area (Å²) in [6, 6.07) is 0. The zero-order valence-corrected chi connectivity index (χ0v) is 13.3. The topological polar surface area (TPSA) is 53.2 Å². The van der Waals surface area contributed by atoms with E-state index in [-0.39, 0.29) is 28.4 Å². The Bertz CT molecular complexity index is 835. The summed E-state index contributed by atoms with van der Waals surface area (Å²) in [6.45, 7) is 0.0496. The van der Waals surface area contributed by atoms with Crippen LogP contribution in [0.3, 0.4) is 0 Å². The Balaban J connectivity index is 2.72. The van der Waals surface area contributed by atoms with E-state index in [4.69, 9.17) is 4.74 Å². The monoisotopic (exact) mass is 414 g/mol. The minimum Gasteiger partial charge on any atom is -0.358 e. The third kappa shape index (κ3) is 3.02. The fraction of sp³-hybridized carbons (Fsp3) is 0.692. The van der Waals surface area contributed by atoms with E-state index in [2.05, 4.69) is 0 Å². The number of hydrogen-bond donors (Lipinski definition) is 0. The van der Waals surface area contributed by atoms with Crippen LogP contribution in [0, 0.1) is 0 Å². The van der Waals surface area contributed by atoms with Crippen molar-refractivity contribution < 1.29 is 44.3 Å². The van der Waals surface area contributed by atoms with Gasteiger partial charge < -0.3 is 4.74 Å². The molecular weight excluding hydrogens is 403 g/mol. The van der Waals surface area contributed by atoms with E-state index in [1.165, 1.54) is 0 Å². The maximum Gasteiger partial charge on any atom is 0.460 e. The highest BCUT2D eigenvalue weighted by Crippen LogP contribution is 2.56. The Morgan fingerprint density at radius 2 is 1.56 bits per heavy atom. The van der Waals surface area contributed by atoms with E-state index in [0.29, 0.717) is 13.5 Å². The van der Waals surface area contributed by atoms with Gasteiger partial charge in [0, 0.05) is 19.9 Å². The fourth-order valence-corrected chi connectivity index (χ4v) is 2.44. The van der Waals surface area contributed by atoms with Crippen molar-refractivity contribution in [2.75, 3.05) is 6.61 Å². The Morgan fingerprint density at radius 1 is 1.00 bits per heavy atom. The zero-order valence-electron chi connectivity index (χ0n) is 13.3. The van der Waals surface area contributed by atoms with Crippen LogP contribution in [-0.2, 0) is 17.7 Å². The first-order valence-electron chi connectivity index (χ1n) is 7.21. The van der Waals surface area contributed by atoms with E-state index in [0.717, 1.165) is 0 Å². The quantitative estimate of drug-likeness (QED) is 0.713. The van der Waals surface area contributed by atoms with Crippen molar-refractivity contribution >= 4 is 0 Å². The molecule has 1 aliphatic rings. The first kappa shape index (κ1) is 21.3. The summed E-state index contributed by atoms with van der Waals surface area (Å²) in [5, 5.41) is 0. The molecule has 1 unspecified atom stereocenters. The van der Waals surface area contributed by atoms with E-state index >= 15 is 0 Å². The summed E-state index contributed by atoms with van der Waals surface area (Å²) < 4.78 is 123. The molecule has 1 aromatic heterocycles. The number of nitrogens with zero attached hydrogens (tertiary/aromatic N) is 2. The summed E-state index contributed by atoms with van der Waals surface area (Å²) in [5.74, 6) is -20.4. The van der Waals surface area contributed by atoms with Crippen molar-refractivity contribution in [2.45, 2.75) is 43.0 Å². The lowest BCUT2D eigenvalue weighted by molar-refractivity contribution is -0.399. The predicted molar refractivity (Wildman–Crippen MR) is 70.0 cm³/mol. The maximum atomic E-state index is 14.1. The van der Waals surface area contributed by atoms with Crippen molar-refractivity contribution in [2.24, 2.45) is 7.05 Å². The number of halogens is 9. The number of rotatable bonds is 4. The van der Waals surface area contributed by atoms with Crippen LogP contribution in [0.2, 0.25) is 0 Å². The van der Waals surface area contributed by atoms with Gasteiger partial charge in [0.15, 0.2) is 0 Å². The van der Waals surface area contributed by atoms with Crippen molar-refractivity contribution in [1.82, 2.24) is 9.13 Å². The van der Waals surface area contributed by atoms with E-state index in [1.54, 1.807) is 0 Å². The molecule has 0 aromatic carbocycles. The van der Waals surface area contributed by atoms with Gasteiger partial charge >= 0.3 is 29.6 Å². The summed E-state index contributed by atoms with van der Waals surface area (Å²) >= 11 is 0. The highest BCUT2D eigenvalue weighted by molar-refractivity contribution is 5.20. The SMILES string of the molecule is Cn1c(=O)c(C(F)(F)C(F)(F)C(F)(F)C(F)(F)F)cn(C2CCCO2)c1=O. The molecular formula is C13H11F9N2O3. The molecule has 2 rings (SSSR count). The summed E-state index contributed by atoms with van der Waals surface area (Å²) in [4.78, 5) is 23.7. The number of alkyl halides is 9. The Hall–Kier alpha value is -1.99. The Labute approximate surface area is 143 Å². The lowest BCUT2D eigenvalue weighted by atomic mass is 9.98. The molecule has 1 saturated heterocycles. The van der Waals surface area contributed by atoms with Gasteiger partial charge in [-0.25, -0.2) is 4.79 Å². The van der Waals surface area contributed by atoms with Crippen LogP contribution in [-0.4, -0.2) is 33.8 Å². The van der Waals surface area contributed by atoms with Gasteiger partial charge in [0.05, 0.1) is 0 Å². The standard InChI is InChI=1S/C13H11F9N2O3/c1-23-8(25)6(5-24(9(23)26)7-3-2-4-27-7)10(14,15)11(16,17)12(18,19)13(20,21)22/h5,7H,2-4H2,1H3. The van der Waals surface area contributed by atoms with Gasteiger partial charge in [0.1, 0.15) is 11.8 Å². The van der Waals surface area contributed by atoms with Crippen LogP contribution in [0.4, 0.5) is 39.5 Å². The summed E-state index contributed by atoms with van der Waals surface area (Å²) in [6.07, 6.45) is -8.09. The minimum absolute atomic E-state index is 0.0399. The van der Waals surface area contributed by atoms with Crippen LogP contribution in [0.1, 0.15) is 24.6 Å². The average Bonchev–Trinajstić information content (AvgIpc) is 3.05. The van der Waals surface area contributed by atoms with Crippen LogP contribution in [0.25, 0.3) is 0 Å². The summed E-state index contributed by atoms with van der Waals surface area (Å²) in [7, 11) is 0.579. The van der Waals surface area contributed by atoms with Crippen molar-refractivity contribution in [3.63, 3.8) is 0 Å². The van der Waals surface area contributed by atoms with Gasteiger partial charge in [0.2, 0.25) is 0 Å². The van der Waals surface area contributed by atoms with E-state index < -0.39 is 47.0 Å². The van der Waals surface area contributed by atoms with Gasteiger partial charge in [-0.1, -0.05) is 0 Å². The van der Waals surface area contributed by atoms with Crippen molar-refractivity contribution in [1.29, 1.82) is 0 Å². The molecule has 1 aromatic rings. The molecule has 1 fully saturated rings. The second-order valence-electron chi connectivity index (χ2n) is 5.79. The van der Waals surface area contributed by atoms with E-state index in [9.17, 15) is 49.1 Å². The van der Waals surface area contributed by atoms with Crippen LogP contribution in [0.5, 0.6) is 0 Å².